The first-order valence-corrected chi connectivity index (χ1v) is 5.08. The van der Waals surface area contributed by atoms with Gasteiger partial charge in [-0.2, -0.15) is 0 Å². The lowest BCUT2D eigenvalue weighted by molar-refractivity contribution is 0.423. The lowest BCUT2D eigenvalue weighted by Gasteiger charge is -2.19. The summed E-state index contributed by atoms with van der Waals surface area (Å²) in [7, 11) is 1.90. The molecule has 12 heavy (non-hydrogen) atoms. The Morgan fingerprint density at radius 2 is 2.00 bits per heavy atom. The Morgan fingerprint density at radius 3 is 2.42 bits per heavy atom. The number of aliphatic imine (C=N–C) groups is 1. The van der Waals surface area contributed by atoms with Gasteiger partial charge < -0.3 is 0 Å². The highest BCUT2D eigenvalue weighted by Gasteiger charge is 2.26. The molecule has 0 aromatic carbocycles. The maximum Gasteiger partial charge on any atom is 0.0276 e. The van der Waals surface area contributed by atoms with Crippen LogP contribution in [0.2, 0.25) is 0 Å². The van der Waals surface area contributed by atoms with Crippen molar-refractivity contribution in [2.75, 3.05) is 7.05 Å². The molecule has 0 aromatic rings. The maximum atomic E-state index is 4.25. The van der Waals surface area contributed by atoms with Gasteiger partial charge in [-0.1, -0.05) is 26.7 Å². The van der Waals surface area contributed by atoms with E-state index in [4.69, 9.17) is 0 Å². The largest absolute Gasteiger partial charge is 0.297 e. The summed E-state index contributed by atoms with van der Waals surface area (Å²) in [6, 6.07) is 0. The van der Waals surface area contributed by atoms with E-state index in [2.05, 4.69) is 25.8 Å². The Kier molecular flexibility index (Phi) is 3.30. The van der Waals surface area contributed by atoms with E-state index in [9.17, 15) is 0 Å². The summed E-state index contributed by atoms with van der Waals surface area (Å²) in [4.78, 5) is 4.25. The van der Waals surface area contributed by atoms with E-state index in [1.165, 1.54) is 25.0 Å². The lowest BCUT2D eigenvalue weighted by Crippen LogP contribution is -2.16. The van der Waals surface area contributed by atoms with E-state index >= 15 is 0 Å². The van der Waals surface area contributed by atoms with Gasteiger partial charge >= 0.3 is 0 Å². The van der Waals surface area contributed by atoms with E-state index in [0.29, 0.717) is 5.92 Å². The van der Waals surface area contributed by atoms with Gasteiger partial charge in [-0.3, -0.25) is 4.99 Å². The molecule has 1 fully saturated rings. The Bertz CT molecular complexity index is 168. The van der Waals surface area contributed by atoms with E-state index in [1.54, 1.807) is 0 Å². The van der Waals surface area contributed by atoms with Gasteiger partial charge in [0.05, 0.1) is 0 Å². The van der Waals surface area contributed by atoms with Crippen molar-refractivity contribution in [3.8, 4) is 0 Å². The van der Waals surface area contributed by atoms with Crippen molar-refractivity contribution in [1.29, 1.82) is 0 Å². The van der Waals surface area contributed by atoms with Crippen LogP contribution in [0, 0.1) is 17.8 Å². The van der Waals surface area contributed by atoms with Gasteiger partial charge in [-0.15, -0.1) is 0 Å². The Labute approximate surface area is 76.3 Å². The molecule has 70 valence electrons. The normalized spacial score (nSPS) is 23.8. The molecule has 1 aliphatic rings. The summed E-state index contributed by atoms with van der Waals surface area (Å²) in [5.74, 6) is 2.55. The highest BCUT2D eigenvalue weighted by Crippen LogP contribution is 2.37. The molecule has 1 rings (SSSR count). The van der Waals surface area contributed by atoms with Crippen LogP contribution < -0.4 is 0 Å². The summed E-state index contributed by atoms with van der Waals surface area (Å²) in [6.07, 6.45) is 4.35. The molecule has 0 bridgehead atoms. The standard InChI is InChI=1S/C11H21N/c1-8(7-11-5-6-11)9(2)10(3)12-4/h8-9,11H,5-7H2,1-4H3. The molecule has 1 nitrogen and oxygen atoms in total. The van der Waals surface area contributed by atoms with E-state index in [1.807, 2.05) is 7.05 Å². The molecule has 0 saturated heterocycles. The van der Waals surface area contributed by atoms with Crippen molar-refractivity contribution in [2.24, 2.45) is 22.7 Å². The molecule has 1 heteroatoms. The highest BCUT2D eigenvalue weighted by atomic mass is 14.7. The average Bonchev–Trinajstić information content (AvgIpc) is 2.85. The third-order valence-electron chi connectivity index (χ3n) is 3.27. The van der Waals surface area contributed by atoms with Crippen LogP contribution in [0.25, 0.3) is 0 Å². The van der Waals surface area contributed by atoms with Crippen LogP contribution in [0.5, 0.6) is 0 Å². The molecule has 0 aliphatic heterocycles. The Hall–Kier alpha value is -0.330. The predicted octanol–water partition coefficient (Wildman–Crippen LogP) is 3.15. The second-order valence-corrected chi connectivity index (χ2v) is 4.31. The minimum atomic E-state index is 0.676. The molecule has 0 radical (unpaired) electrons. The summed E-state index contributed by atoms with van der Waals surface area (Å²) in [5, 5.41) is 0. The molecule has 0 aromatic heterocycles. The molecule has 0 amide bonds. The molecular weight excluding hydrogens is 146 g/mol. The SMILES string of the molecule is CN=C(C)C(C)C(C)CC1CC1. The first-order valence-electron chi connectivity index (χ1n) is 5.08. The number of hydrogen-bond acceptors (Lipinski definition) is 1. The van der Waals surface area contributed by atoms with Crippen LogP contribution in [0.4, 0.5) is 0 Å². The van der Waals surface area contributed by atoms with Crippen LogP contribution in [-0.4, -0.2) is 12.8 Å². The number of rotatable bonds is 4. The molecule has 2 atom stereocenters. The maximum absolute atomic E-state index is 4.25. The van der Waals surface area contributed by atoms with E-state index < -0.39 is 0 Å². The van der Waals surface area contributed by atoms with Crippen molar-refractivity contribution >= 4 is 5.71 Å². The molecule has 1 saturated carbocycles. The monoisotopic (exact) mass is 167 g/mol. The average molecular weight is 167 g/mol. The summed E-state index contributed by atoms with van der Waals surface area (Å²) in [6.45, 7) is 6.81. The molecule has 1 aliphatic carbocycles. The second kappa shape index (κ2) is 4.06. The van der Waals surface area contributed by atoms with Gasteiger partial charge in [-0.05, 0) is 31.1 Å². The topological polar surface area (TPSA) is 12.4 Å². The van der Waals surface area contributed by atoms with Crippen LogP contribution in [-0.2, 0) is 0 Å². The van der Waals surface area contributed by atoms with Crippen molar-refractivity contribution < 1.29 is 0 Å². The van der Waals surface area contributed by atoms with Crippen LogP contribution in [0.3, 0.4) is 0 Å². The number of hydrogen-bond donors (Lipinski definition) is 0. The van der Waals surface area contributed by atoms with Crippen molar-refractivity contribution in [3.63, 3.8) is 0 Å². The molecule has 0 heterocycles. The third kappa shape index (κ3) is 2.62. The van der Waals surface area contributed by atoms with Gasteiger partial charge in [0.2, 0.25) is 0 Å². The quantitative estimate of drug-likeness (QED) is 0.570. The third-order valence-corrected chi connectivity index (χ3v) is 3.27. The summed E-state index contributed by atoms with van der Waals surface area (Å²) >= 11 is 0. The van der Waals surface area contributed by atoms with Gasteiger partial charge in [0.1, 0.15) is 0 Å². The lowest BCUT2D eigenvalue weighted by atomic mass is 9.88. The first kappa shape index (κ1) is 9.76. The van der Waals surface area contributed by atoms with Gasteiger partial charge in [-0.25, -0.2) is 0 Å². The summed E-state index contributed by atoms with van der Waals surface area (Å²) < 4.78 is 0. The van der Waals surface area contributed by atoms with Gasteiger partial charge in [0.15, 0.2) is 0 Å². The Morgan fingerprint density at radius 1 is 1.42 bits per heavy atom. The zero-order valence-electron chi connectivity index (χ0n) is 8.80. The smallest absolute Gasteiger partial charge is 0.0276 e. The zero-order valence-corrected chi connectivity index (χ0v) is 8.80. The van der Waals surface area contributed by atoms with Crippen LogP contribution in [0.15, 0.2) is 4.99 Å². The van der Waals surface area contributed by atoms with Gasteiger partial charge in [0, 0.05) is 12.8 Å². The summed E-state index contributed by atoms with van der Waals surface area (Å²) in [5.41, 5.74) is 1.31. The van der Waals surface area contributed by atoms with Crippen molar-refractivity contribution in [2.45, 2.75) is 40.0 Å². The fourth-order valence-corrected chi connectivity index (χ4v) is 1.70. The van der Waals surface area contributed by atoms with Crippen LogP contribution >= 0.6 is 0 Å². The molecular formula is C11H21N. The van der Waals surface area contributed by atoms with Crippen LogP contribution in [0.1, 0.15) is 40.0 Å². The molecule has 0 N–H and O–H groups in total. The Balaban J connectivity index is 2.33. The zero-order chi connectivity index (χ0) is 9.14. The van der Waals surface area contributed by atoms with E-state index in [-0.39, 0.29) is 0 Å². The predicted molar refractivity (Wildman–Crippen MR) is 54.7 cm³/mol. The van der Waals surface area contributed by atoms with Crippen molar-refractivity contribution in [1.82, 2.24) is 0 Å². The van der Waals surface area contributed by atoms with Gasteiger partial charge in [0.25, 0.3) is 0 Å². The molecule has 0 spiro atoms. The minimum absolute atomic E-state index is 0.676. The highest BCUT2D eigenvalue weighted by molar-refractivity contribution is 5.84. The van der Waals surface area contributed by atoms with E-state index in [0.717, 1.165) is 11.8 Å². The van der Waals surface area contributed by atoms with Crippen molar-refractivity contribution in [3.05, 3.63) is 0 Å². The second-order valence-electron chi connectivity index (χ2n) is 4.31. The fraction of sp³-hybridized carbons (Fsp3) is 0.909. The number of nitrogens with zero attached hydrogens (tertiary/aromatic N) is 1. The first-order chi connectivity index (χ1) is 5.65. The minimum Gasteiger partial charge on any atom is -0.297 e. The molecule has 2 unspecified atom stereocenters. The fourth-order valence-electron chi connectivity index (χ4n) is 1.70.